The molecule has 0 aromatic rings. The fraction of sp³-hybridized carbons (Fsp3) is 0.909. The van der Waals surface area contributed by atoms with Crippen LogP contribution in [0.25, 0.3) is 0 Å². The van der Waals surface area contributed by atoms with E-state index in [1.54, 1.807) is 13.8 Å². The van der Waals surface area contributed by atoms with Crippen molar-refractivity contribution >= 4 is 16.8 Å². The molecule has 0 rings (SSSR count). The Labute approximate surface area is 104 Å². The van der Waals surface area contributed by atoms with Crippen LogP contribution in [0.4, 0.5) is 4.39 Å². The van der Waals surface area contributed by atoms with E-state index in [0.29, 0.717) is 0 Å². The van der Waals surface area contributed by atoms with Crippen molar-refractivity contribution in [2.24, 2.45) is 5.92 Å². The zero-order valence-electron chi connectivity index (χ0n) is 11.1. The summed E-state index contributed by atoms with van der Waals surface area (Å²) in [6, 6.07) is 0. The molecule has 0 aliphatic carbocycles. The van der Waals surface area contributed by atoms with Gasteiger partial charge in [0.15, 0.2) is 0 Å². The molecule has 4 nitrogen and oxygen atoms in total. The van der Waals surface area contributed by atoms with Gasteiger partial charge in [-0.1, -0.05) is 13.8 Å². The third-order valence-electron chi connectivity index (χ3n) is 2.30. The Morgan fingerprint density at radius 3 is 2.00 bits per heavy atom. The number of methoxy groups -OCH3 is 1. The van der Waals surface area contributed by atoms with E-state index in [2.05, 4.69) is 4.74 Å². The molecule has 0 bridgehead atoms. The van der Waals surface area contributed by atoms with Crippen LogP contribution in [0.15, 0.2) is 0 Å². The van der Waals surface area contributed by atoms with Crippen molar-refractivity contribution < 1.29 is 23.2 Å². The second-order valence-electron chi connectivity index (χ2n) is 5.21. The molecular formula is C11H21FO4S. The average Bonchev–Trinajstić information content (AvgIpc) is 2.23. The summed E-state index contributed by atoms with van der Waals surface area (Å²) in [6.45, 7) is 7.69. The third kappa shape index (κ3) is 3.25. The van der Waals surface area contributed by atoms with Crippen LogP contribution in [-0.4, -0.2) is 38.2 Å². The number of aliphatic hydroxyl groups excluding tert-OH is 1. The van der Waals surface area contributed by atoms with Gasteiger partial charge in [-0.05, 0) is 26.7 Å². The number of ether oxygens (including phenoxy) is 1. The Balaban J connectivity index is 5.57. The highest BCUT2D eigenvalue weighted by Gasteiger charge is 2.57. The average molecular weight is 268 g/mol. The summed E-state index contributed by atoms with van der Waals surface area (Å²) in [5.74, 6) is -1.85. The molecule has 0 aliphatic rings. The maximum atomic E-state index is 14.7. The van der Waals surface area contributed by atoms with E-state index in [1.807, 2.05) is 0 Å². The summed E-state index contributed by atoms with van der Waals surface area (Å²) in [5, 5.41) is 6.91. The highest BCUT2D eigenvalue weighted by atomic mass is 32.2. The number of esters is 1. The van der Waals surface area contributed by atoms with Crippen LogP contribution in [-0.2, 0) is 20.3 Å². The maximum absolute atomic E-state index is 14.7. The van der Waals surface area contributed by atoms with Crippen LogP contribution >= 0.6 is 0 Å². The highest BCUT2D eigenvalue weighted by Crippen LogP contribution is 2.33. The summed E-state index contributed by atoms with van der Waals surface area (Å²) in [5.41, 5.74) is 0. The molecule has 0 heterocycles. The summed E-state index contributed by atoms with van der Waals surface area (Å²) in [4.78, 5) is 11.5. The molecule has 0 fully saturated rings. The molecule has 0 amide bonds. The van der Waals surface area contributed by atoms with Gasteiger partial charge in [0.05, 0.1) is 17.9 Å². The Bertz CT molecular complexity index is 311. The van der Waals surface area contributed by atoms with Gasteiger partial charge in [0.1, 0.15) is 6.10 Å². The molecule has 1 N–H and O–H groups in total. The van der Waals surface area contributed by atoms with Crippen molar-refractivity contribution in [1.29, 1.82) is 0 Å². The van der Waals surface area contributed by atoms with Crippen LogP contribution in [0, 0.1) is 5.92 Å². The lowest BCUT2D eigenvalue weighted by Crippen LogP contribution is -2.56. The molecule has 0 saturated heterocycles. The van der Waals surface area contributed by atoms with Gasteiger partial charge in [0, 0.05) is 4.75 Å². The van der Waals surface area contributed by atoms with Gasteiger partial charge in [-0.2, -0.15) is 0 Å². The van der Waals surface area contributed by atoms with Crippen molar-refractivity contribution in [2.75, 3.05) is 7.11 Å². The molecular weight excluding hydrogens is 247 g/mol. The monoisotopic (exact) mass is 268 g/mol. The van der Waals surface area contributed by atoms with E-state index in [1.165, 1.54) is 20.8 Å². The number of halogens is 1. The zero-order chi connectivity index (χ0) is 14.0. The van der Waals surface area contributed by atoms with Gasteiger partial charge in [-0.3, -0.25) is 4.21 Å². The van der Waals surface area contributed by atoms with Gasteiger partial charge in [-0.15, -0.1) is 0 Å². The molecule has 3 atom stereocenters. The van der Waals surface area contributed by atoms with Crippen molar-refractivity contribution in [3.8, 4) is 0 Å². The largest absolute Gasteiger partial charge is 0.466 e. The first kappa shape index (κ1) is 16.5. The summed E-state index contributed by atoms with van der Waals surface area (Å²) >= 11 is 0. The third-order valence-corrected chi connectivity index (χ3v) is 4.36. The topological polar surface area (TPSA) is 63.6 Å². The molecule has 17 heavy (non-hydrogen) atoms. The van der Waals surface area contributed by atoms with E-state index in [-0.39, 0.29) is 0 Å². The minimum atomic E-state index is -2.90. The quantitative estimate of drug-likeness (QED) is 0.783. The van der Waals surface area contributed by atoms with Crippen molar-refractivity contribution in [3.63, 3.8) is 0 Å². The number of hydrogen-bond acceptors (Lipinski definition) is 4. The van der Waals surface area contributed by atoms with E-state index in [9.17, 15) is 18.5 Å². The number of hydrogen-bond donors (Lipinski definition) is 1. The summed E-state index contributed by atoms with van der Waals surface area (Å²) in [6.07, 6.45) is -1.67. The lowest BCUT2D eigenvalue weighted by Gasteiger charge is -2.34. The molecule has 102 valence electrons. The van der Waals surface area contributed by atoms with Crippen LogP contribution in [0.5, 0.6) is 0 Å². The number of rotatable bonds is 4. The van der Waals surface area contributed by atoms with Gasteiger partial charge in [0.25, 0.3) is 0 Å². The Kier molecular flexibility index (Phi) is 5.28. The molecule has 0 aromatic carbocycles. The fourth-order valence-electron chi connectivity index (χ4n) is 1.32. The first-order valence-corrected chi connectivity index (χ1v) is 6.52. The second-order valence-corrected chi connectivity index (χ2v) is 7.56. The first-order chi connectivity index (χ1) is 7.49. The predicted molar refractivity (Wildman–Crippen MR) is 64.6 cm³/mol. The summed E-state index contributed by atoms with van der Waals surface area (Å²) in [7, 11) is -1.21. The molecule has 0 spiro atoms. The van der Waals surface area contributed by atoms with Crippen LogP contribution in [0.2, 0.25) is 0 Å². The van der Waals surface area contributed by atoms with E-state index in [0.717, 1.165) is 7.11 Å². The molecule has 6 heteroatoms. The number of alkyl halides is 1. The van der Waals surface area contributed by atoms with Crippen molar-refractivity contribution in [2.45, 2.75) is 50.5 Å². The van der Waals surface area contributed by atoms with Gasteiger partial charge >= 0.3 is 11.0 Å². The zero-order valence-corrected chi connectivity index (χ0v) is 11.9. The molecule has 0 aromatic heterocycles. The SMILES string of the molecule is COC(=O)[C@@](F)([C@@H](O)C(C)C)S(=O)C(C)(C)C. The van der Waals surface area contributed by atoms with Crippen LogP contribution < -0.4 is 0 Å². The fourth-order valence-corrected chi connectivity index (χ4v) is 2.94. The first-order valence-electron chi connectivity index (χ1n) is 5.37. The van der Waals surface area contributed by atoms with Gasteiger partial charge in [-0.25, -0.2) is 9.18 Å². The molecule has 0 radical (unpaired) electrons. The number of carbonyl (C=O) groups is 1. The van der Waals surface area contributed by atoms with E-state index in [4.69, 9.17) is 0 Å². The van der Waals surface area contributed by atoms with Crippen LogP contribution in [0.1, 0.15) is 34.6 Å². The second kappa shape index (κ2) is 5.44. The number of carbonyl (C=O) groups excluding carboxylic acids is 1. The predicted octanol–water partition coefficient (Wildman–Crippen LogP) is 1.39. The Hall–Kier alpha value is -0.490. The van der Waals surface area contributed by atoms with Gasteiger partial charge in [0.2, 0.25) is 0 Å². The Morgan fingerprint density at radius 1 is 1.35 bits per heavy atom. The smallest absolute Gasteiger partial charge is 0.359 e. The van der Waals surface area contributed by atoms with E-state index < -0.39 is 38.5 Å². The maximum Gasteiger partial charge on any atom is 0.359 e. The molecule has 0 saturated carbocycles. The van der Waals surface area contributed by atoms with Gasteiger partial charge < -0.3 is 9.84 Å². The molecule has 1 unspecified atom stereocenters. The summed E-state index contributed by atoms with van der Waals surface area (Å²) < 4.78 is 30.2. The standard InChI is InChI=1S/C11H21FO4S/c1-7(2)8(13)11(12,9(14)16-6)17(15)10(3,4)5/h7-8,13H,1-6H3/t8-,11+,17?/m0/s1. The molecule has 0 aliphatic heterocycles. The normalized spacial score (nSPS) is 19.6. The lowest BCUT2D eigenvalue weighted by atomic mass is 10.0. The highest BCUT2D eigenvalue weighted by molar-refractivity contribution is 7.88. The van der Waals surface area contributed by atoms with E-state index >= 15 is 0 Å². The van der Waals surface area contributed by atoms with Crippen LogP contribution in [0.3, 0.4) is 0 Å². The number of aliphatic hydroxyl groups is 1. The Morgan fingerprint density at radius 2 is 1.76 bits per heavy atom. The lowest BCUT2D eigenvalue weighted by molar-refractivity contribution is -0.156. The minimum absolute atomic E-state index is 0.551. The van der Waals surface area contributed by atoms with Crippen molar-refractivity contribution in [1.82, 2.24) is 0 Å². The minimum Gasteiger partial charge on any atom is -0.466 e. The van der Waals surface area contributed by atoms with Crippen molar-refractivity contribution in [3.05, 3.63) is 0 Å².